The second-order valence-corrected chi connectivity index (χ2v) is 3.34. The summed E-state index contributed by atoms with van der Waals surface area (Å²) in [6.07, 6.45) is 1.35. The van der Waals surface area contributed by atoms with Gasteiger partial charge in [0, 0.05) is 18.7 Å². The maximum absolute atomic E-state index is 8.93. The zero-order chi connectivity index (χ0) is 10.6. The first-order valence-electron chi connectivity index (χ1n) is 4.64. The van der Waals surface area contributed by atoms with Gasteiger partial charge in [-0.1, -0.05) is 0 Å². The minimum absolute atomic E-state index is 0.543. The summed E-state index contributed by atoms with van der Waals surface area (Å²) in [4.78, 5) is 0. The minimum atomic E-state index is 0.543. The highest BCUT2D eigenvalue weighted by Gasteiger charge is 2.07. The standard InChI is InChI=1S/C11H13N3/c1-9-7-10(2)14(11(9)8-13)6-4-3-5-12/h7H,3-4,6H2,1-2H3. The Morgan fingerprint density at radius 1 is 1.36 bits per heavy atom. The number of unbranched alkanes of at least 4 members (excludes halogenated alkanes) is 1. The van der Waals surface area contributed by atoms with E-state index in [1.807, 2.05) is 24.5 Å². The molecule has 1 heterocycles. The lowest BCUT2D eigenvalue weighted by atomic mass is 10.3. The zero-order valence-electron chi connectivity index (χ0n) is 8.54. The lowest BCUT2D eigenvalue weighted by molar-refractivity contribution is 0.635. The van der Waals surface area contributed by atoms with Gasteiger partial charge in [0.15, 0.2) is 0 Å². The van der Waals surface area contributed by atoms with E-state index >= 15 is 0 Å². The molecule has 0 aliphatic carbocycles. The van der Waals surface area contributed by atoms with Crippen LogP contribution >= 0.6 is 0 Å². The first-order chi connectivity index (χ1) is 6.70. The van der Waals surface area contributed by atoms with Crippen molar-refractivity contribution in [2.24, 2.45) is 0 Å². The summed E-state index contributed by atoms with van der Waals surface area (Å²) in [6, 6.07) is 6.30. The molecule has 0 unspecified atom stereocenters. The molecule has 3 heteroatoms. The molecule has 0 aliphatic heterocycles. The maximum atomic E-state index is 8.93. The average molecular weight is 187 g/mol. The van der Waals surface area contributed by atoms with Crippen LogP contribution in [0.1, 0.15) is 29.8 Å². The fourth-order valence-electron chi connectivity index (χ4n) is 1.60. The van der Waals surface area contributed by atoms with Gasteiger partial charge in [-0.3, -0.25) is 0 Å². The van der Waals surface area contributed by atoms with Crippen molar-refractivity contribution < 1.29 is 0 Å². The van der Waals surface area contributed by atoms with E-state index in [-0.39, 0.29) is 0 Å². The summed E-state index contributed by atoms with van der Waals surface area (Å²) in [5, 5.41) is 17.4. The van der Waals surface area contributed by atoms with E-state index in [1.165, 1.54) is 0 Å². The SMILES string of the molecule is Cc1cc(C)n(CCCC#N)c1C#N. The Bertz CT molecular complexity index is 401. The van der Waals surface area contributed by atoms with E-state index in [0.29, 0.717) is 6.42 Å². The fraction of sp³-hybridized carbons (Fsp3) is 0.455. The molecule has 0 atom stereocenters. The maximum Gasteiger partial charge on any atom is 0.123 e. The van der Waals surface area contributed by atoms with Crippen molar-refractivity contribution in [3.05, 3.63) is 23.0 Å². The number of hydrogen-bond acceptors (Lipinski definition) is 2. The van der Waals surface area contributed by atoms with Crippen molar-refractivity contribution in [3.63, 3.8) is 0 Å². The molecule has 1 aromatic heterocycles. The van der Waals surface area contributed by atoms with Crippen LogP contribution in [0.15, 0.2) is 6.07 Å². The summed E-state index contributed by atoms with van der Waals surface area (Å²) < 4.78 is 1.98. The van der Waals surface area contributed by atoms with Crippen LogP contribution in [-0.2, 0) is 6.54 Å². The molecule has 0 radical (unpaired) electrons. The van der Waals surface area contributed by atoms with E-state index < -0.39 is 0 Å². The number of rotatable bonds is 3. The Morgan fingerprint density at radius 2 is 2.07 bits per heavy atom. The molecule has 0 saturated heterocycles. The van der Waals surface area contributed by atoms with Crippen LogP contribution in [0.3, 0.4) is 0 Å². The Morgan fingerprint density at radius 3 is 2.64 bits per heavy atom. The number of hydrogen-bond donors (Lipinski definition) is 0. The van der Waals surface area contributed by atoms with Crippen molar-refractivity contribution in [2.45, 2.75) is 33.2 Å². The fourth-order valence-corrected chi connectivity index (χ4v) is 1.60. The molecule has 0 aliphatic rings. The van der Waals surface area contributed by atoms with Gasteiger partial charge in [0.25, 0.3) is 0 Å². The molecule has 1 rings (SSSR count). The number of aryl methyl sites for hydroxylation is 2. The predicted molar refractivity (Wildman–Crippen MR) is 53.5 cm³/mol. The van der Waals surface area contributed by atoms with E-state index in [2.05, 4.69) is 12.1 Å². The van der Waals surface area contributed by atoms with Crippen molar-refractivity contribution in [3.8, 4) is 12.1 Å². The van der Waals surface area contributed by atoms with Crippen LogP contribution < -0.4 is 0 Å². The summed E-state index contributed by atoms with van der Waals surface area (Å²) in [5.41, 5.74) is 2.83. The molecule has 14 heavy (non-hydrogen) atoms. The van der Waals surface area contributed by atoms with Gasteiger partial charge in [0.05, 0.1) is 6.07 Å². The molecule has 0 saturated carbocycles. The molecule has 1 aromatic rings. The second-order valence-electron chi connectivity index (χ2n) is 3.34. The molecule has 0 aromatic carbocycles. The molecule has 0 N–H and O–H groups in total. The van der Waals surface area contributed by atoms with Gasteiger partial charge in [-0.05, 0) is 31.9 Å². The predicted octanol–water partition coefficient (Wildman–Crippen LogP) is 2.28. The van der Waals surface area contributed by atoms with Crippen molar-refractivity contribution in [1.82, 2.24) is 4.57 Å². The zero-order valence-corrected chi connectivity index (χ0v) is 8.54. The number of aromatic nitrogens is 1. The molecular weight excluding hydrogens is 174 g/mol. The Kier molecular flexibility index (Phi) is 3.31. The first-order valence-corrected chi connectivity index (χ1v) is 4.64. The lowest BCUT2D eigenvalue weighted by Gasteiger charge is -2.05. The van der Waals surface area contributed by atoms with Gasteiger partial charge in [0.1, 0.15) is 11.8 Å². The van der Waals surface area contributed by atoms with Gasteiger partial charge in [-0.25, -0.2) is 0 Å². The number of nitriles is 2. The summed E-state index contributed by atoms with van der Waals surface area (Å²) >= 11 is 0. The average Bonchev–Trinajstić information content (AvgIpc) is 2.42. The van der Waals surface area contributed by atoms with Crippen molar-refractivity contribution >= 4 is 0 Å². The van der Waals surface area contributed by atoms with Crippen molar-refractivity contribution in [2.75, 3.05) is 0 Å². The van der Waals surface area contributed by atoms with Gasteiger partial charge in [-0.2, -0.15) is 10.5 Å². The largest absolute Gasteiger partial charge is 0.337 e. The van der Waals surface area contributed by atoms with Gasteiger partial charge in [0.2, 0.25) is 0 Å². The summed E-state index contributed by atoms with van der Waals surface area (Å²) in [6.45, 7) is 4.68. The van der Waals surface area contributed by atoms with Gasteiger partial charge < -0.3 is 4.57 Å². The van der Waals surface area contributed by atoms with Crippen LogP contribution in [-0.4, -0.2) is 4.57 Å². The quantitative estimate of drug-likeness (QED) is 0.681. The normalized spacial score (nSPS) is 9.43. The van der Waals surface area contributed by atoms with E-state index in [1.54, 1.807) is 0 Å². The third kappa shape index (κ3) is 1.95. The third-order valence-electron chi connectivity index (χ3n) is 2.27. The van der Waals surface area contributed by atoms with Crippen LogP contribution in [0.5, 0.6) is 0 Å². The molecule has 3 nitrogen and oxygen atoms in total. The van der Waals surface area contributed by atoms with Gasteiger partial charge >= 0.3 is 0 Å². The van der Waals surface area contributed by atoms with E-state index in [9.17, 15) is 0 Å². The van der Waals surface area contributed by atoms with E-state index in [4.69, 9.17) is 10.5 Å². The highest BCUT2D eigenvalue weighted by atomic mass is 15.0. The minimum Gasteiger partial charge on any atom is -0.337 e. The molecule has 72 valence electrons. The van der Waals surface area contributed by atoms with Crippen LogP contribution in [0.2, 0.25) is 0 Å². The second kappa shape index (κ2) is 4.48. The Hall–Kier alpha value is -1.74. The smallest absolute Gasteiger partial charge is 0.123 e. The molecular formula is C11H13N3. The molecule has 0 bridgehead atoms. The van der Waals surface area contributed by atoms with Gasteiger partial charge in [-0.15, -0.1) is 0 Å². The van der Waals surface area contributed by atoms with Crippen LogP contribution in [0.4, 0.5) is 0 Å². The molecule has 0 fully saturated rings. The molecule has 0 spiro atoms. The highest BCUT2D eigenvalue weighted by Crippen LogP contribution is 2.14. The lowest BCUT2D eigenvalue weighted by Crippen LogP contribution is -2.02. The Balaban J connectivity index is 2.86. The van der Waals surface area contributed by atoms with Crippen LogP contribution in [0, 0.1) is 36.5 Å². The Labute approximate surface area is 84.2 Å². The van der Waals surface area contributed by atoms with E-state index in [0.717, 1.165) is 29.9 Å². The number of nitrogens with zero attached hydrogens (tertiary/aromatic N) is 3. The van der Waals surface area contributed by atoms with Crippen LogP contribution in [0.25, 0.3) is 0 Å². The van der Waals surface area contributed by atoms with Crippen molar-refractivity contribution in [1.29, 1.82) is 10.5 Å². The highest BCUT2D eigenvalue weighted by molar-refractivity contribution is 5.35. The summed E-state index contributed by atoms with van der Waals surface area (Å²) in [5.74, 6) is 0. The summed E-state index contributed by atoms with van der Waals surface area (Å²) in [7, 11) is 0. The first kappa shape index (κ1) is 10.3. The third-order valence-corrected chi connectivity index (χ3v) is 2.27. The topological polar surface area (TPSA) is 52.5 Å². The molecule has 0 amide bonds. The monoisotopic (exact) mass is 187 g/mol.